The highest BCUT2D eigenvalue weighted by molar-refractivity contribution is 6.37. The summed E-state index contributed by atoms with van der Waals surface area (Å²) >= 11 is 12.8. The quantitative estimate of drug-likeness (QED) is 0.453. The van der Waals surface area contributed by atoms with E-state index >= 15 is 0 Å². The molecule has 1 aromatic heterocycles. The Kier molecular flexibility index (Phi) is 5.77. The molecule has 3 aromatic rings. The number of rotatable bonds is 4. The average Bonchev–Trinajstić information content (AvgIpc) is 2.72. The number of allylic oxidation sites excluding steroid dienone is 1. The molecule has 1 aliphatic rings. The van der Waals surface area contributed by atoms with Gasteiger partial charge in [-0.1, -0.05) is 37.0 Å². The van der Waals surface area contributed by atoms with Crippen molar-refractivity contribution >= 4 is 40.1 Å². The predicted molar refractivity (Wildman–Crippen MR) is 126 cm³/mol. The molecule has 0 bridgehead atoms. The summed E-state index contributed by atoms with van der Waals surface area (Å²) in [6.45, 7) is 4.08. The fourth-order valence-corrected chi connectivity index (χ4v) is 4.05. The van der Waals surface area contributed by atoms with Gasteiger partial charge >= 0.3 is 5.69 Å². The van der Waals surface area contributed by atoms with Gasteiger partial charge in [0.25, 0.3) is 5.56 Å². The molecule has 0 spiro atoms. The van der Waals surface area contributed by atoms with E-state index in [1.165, 1.54) is 18.3 Å². The number of aromatic amines is 1. The molecule has 0 radical (unpaired) electrons. The molecular formula is C22H20Cl2N4O4. The fraction of sp³-hybridized carbons (Fsp3) is 0.182. The van der Waals surface area contributed by atoms with E-state index in [2.05, 4.69) is 10.3 Å². The maximum absolute atomic E-state index is 12.1. The van der Waals surface area contributed by atoms with E-state index in [9.17, 15) is 14.7 Å². The summed E-state index contributed by atoms with van der Waals surface area (Å²) in [6, 6.07) is 8.35. The van der Waals surface area contributed by atoms with Gasteiger partial charge in [0.05, 0.1) is 15.7 Å². The first-order chi connectivity index (χ1) is 15.1. The van der Waals surface area contributed by atoms with Crippen LogP contribution in [0, 0.1) is 5.92 Å². The van der Waals surface area contributed by atoms with Gasteiger partial charge in [0.15, 0.2) is 5.75 Å². The lowest BCUT2D eigenvalue weighted by Crippen LogP contribution is -2.30. The summed E-state index contributed by atoms with van der Waals surface area (Å²) in [5.41, 5.74) is 7.13. The number of fused-ring (bicyclic) bond motifs is 1. The maximum atomic E-state index is 12.1. The number of nitrogens with one attached hydrogen (secondary N) is 2. The third kappa shape index (κ3) is 4.12. The molecule has 1 aliphatic heterocycles. The van der Waals surface area contributed by atoms with E-state index in [1.54, 1.807) is 12.1 Å². The van der Waals surface area contributed by atoms with Crippen molar-refractivity contribution in [2.24, 2.45) is 5.92 Å². The molecule has 10 heteroatoms. The molecule has 2 heterocycles. The second-order valence-corrected chi connectivity index (χ2v) is 8.44. The zero-order chi connectivity index (χ0) is 23.2. The number of nitrogen functional groups attached to an aromatic ring is 1. The van der Waals surface area contributed by atoms with Gasteiger partial charge in [-0.05, 0) is 47.9 Å². The van der Waals surface area contributed by atoms with Gasteiger partial charge in [-0.2, -0.15) is 0 Å². The number of halogens is 2. The molecule has 0 saturated heterocycles. The van der Waals surface area contributed by atoms with Gasteiger partial charge in [0.2, 0.25) is 0 Å². The van der Waals surface area contributed by atoms with Crippen LogP contribution in [0.25, 0.3) is 11.3 Å². The monoisotopic (exact) mass is 474 g/mol. The standard InChI is InChI=1S/C22H20Cl2N4O4/c1-10(2)13-8-19(29)26-18-4-3-12(7-14(13)18)32-20-15(23)5-11(6-16(20)24)28-9-17(25)21(30)27-22(28)31/h3-10,19,26,29H,25H2,1-2H3,(H,27,30,31). The van der Waals surface area contributed by atoms with Crippen molar-refractivity contribution < 1.29 is 9.84 Å². The fourth-order valence-electron chi connectivity index (χ4n) is 3.49. The summed E-state index contributed by atoms with van der Waals surface area (Å²) in [4.78, 5) is 25.8. The minimum atomic E-state index is -0.756. The summed E-state index contributed by atoms with van der Waals surface area (Å²) in [7, 11) is 0. The number of hydrogen-bond donors (Lipinski definition) is 4. The molecule has 1 atom stereocenters. The molecule has 0 amide bonds. The molecule has 0 fully saturated rings. The van der Waals surface area contributed by atoms with Crippen LogP contribution in [0.2, 0.25) is 10.0 Å². The smallest absolute Gasteiger partial charge is 0.333 e. The van der Waals surface area contributed by atoms with E-state index in [4.69, 9.17) is 33.7 Å². The number of hydrogen-bond acceptors (Lipinski definition) is 6. The van der Waals surface area contributed by atoms with Gasteiger partial charge in [-0.3, -0.25) is 14.3 Å². The second-order valence-electron chi connectivity index (χ2n) is 7.63. The van der Waals surface area contributed by atoms with Crippen molar-refractivity contribution in [3.63, 3.8) is 0 Å². The lowest BCUT2D eigenvalue weighted by Gasteiger charge is -2.26. The zero-order valence-electron chi connectivity index (χ0n) is 17.1. The van der Waals surface area contributed by atoms with Crippen LogP contribution in [0.5, 0.6) is 11.5 Å². The van der Waals surface area contributed by atoms with Crippen LogP contribution in [-0.2, 0) is 0 Å². The van der Waals surface area contributed by atoms with Crippen molar-refractivity contribution in [3.8, 4) is 17.2 Å². The first-order valence-electron chi connectivity index (χ1n) is 9.73. The van der Waals surface area contributed by atoms with E-state index in [0.717, 1.165) is 21.4 Å². The van der Waals surface area contributed by atoms with Gasteiger partial charge in [-0.15, -0.1) is 0 Å². The molecule has 1 unspecified atom stereocenters. The summed E-state index contributed by atoms with van der Waals surface area (Å²) in [5.74, 6) is 0.895. The Hall–Kier alpha value is -3.20. The van der Waals surface area contributed by atoms with E-state index in [0.29, 0.717) is 11.4 Å². The second kappa shape index (κ2) is 8.38. The lowest BCUT2D eigenvalue weighted by molar-refractivity contribution is 0.251. The third-order valence-corrected chi connectivity index (χ3v) is 5.58. The topological polar surface area (TPSA) is 122 Å². The molecule has 166 valence electrons. The Morgan fingerprint density at radius 3 is 2.50 bits per heavy atom. The van der Waals surface area contributed by atoms with E-state index in [1.807, 2.05) is 26.0 Å². The average molecular weight is 475 g/mol. The number of H-pyrrole nitrogens is 1. The van der Waals surface area contributed by atoms with Gasteiger partial charge in [-0.25, -0.2) is 4.79 Å². The van der Waals surface area contributed by atoms with Gasteiger partial charge in [0.1, 0.15) is 17.7 Å². The number of aliphatic hydroxyl groups is 1. The Balaban J connectivity index is 1.71. The van der Waals surface area contributed by atoms with Crippen LogP contribution in [0.1, 0.15) is 19.4 Å². The zero-order valence-corrected chi connectivity index (χ0v) is 18.7. The van der Waals surface area contributed by atoms with Crippen molar-refractivity contribution in [2.75, 3.05) is 11.1 Å². The van der Waals surface area contributed by atoms with Crippen molar-refractivity contribution in [1.29, 1.82) is 0 Å². The number of ether oxygens (including phenoxy) is 1. The number of benzene rings is 2. The normalized spacial score (nSPS) is 15.2. The minimum Gasteiger partial charge on any atom is -0.454 e. The molecule has 2 aromatic carbocycles. The van der Waals surface area contributed by atoms with Crippen molar-refractivity contribution in [2.45, 2.75) is 20.1 Å². The highest BCUT2D eigenvalue weighted by Crippen LogP contribution is 2.41. The number of aromatic nitrogens is 2. The third-order valence-electron chi connectivity index (χ3n) is 5.02. The summed E-state index contributed by atoms with van der Waals surface area (Å²) < 4.78 is 7.11. The Labute approximate surface area is 192 Å². The molecule has 4 rings (SSSR count). The Morgan fingerprint density at radius 1 is 1.16 bits per heavy atom. The molecule has 0 saturated carbocycles. The Morgan fingerprint density at radius 2 is 1.84 bits per heavy atom. The van der Waals surface area contributed by atoms with Crippen LogP contribution < -0.4 is 27.0 Å². The SMILES string of the molecule is CC(C)C1=CC(O)Nc2ccc(Oc3c(Cl)cc(-n4cc(N)c(=O)[nH]c4=O)cc3Cl)cc21. The number of nitrogens with zero attached hydrogens (tertiary/aromatic N) is 1. The Bertz CT molecular complexity index is 1340. The van der Waals surface area contributed by atoms with Crippen molar-refractivity contribution in [3.05, 3.63) is 79.1 Å². The predicted octanol–water partition coefficient (Wildman–Crippen LogP) is 3.99. The molecule has 0 aliphatic carbocycles. The maximum Gasteiger partial charge on any atom is 0.333 e. The summed E-state index contributed by atoms with van der Waals surface area (Å²) in [6.07, 6.45) is 2.21. The highest BCUT2D eigenvalue weighted by atomic mass is 35.5. The molecule has 8 nitrogen and oxygen atoms in total. The number of nitrogens with two attached hydrogens (primary N) is 1. The van der Waals surface area contributed by atoms with Crippen LogP contribution >= 0.6 is 23.2 Å². The molecular weight excluding hydrogens is 455 g/mol. The minimum absolute atomic E-state index is 0.126. The van der Waals surface area contributed by atoms with Crippen molar-refractivity contribution in [1.82, 2.24) is 9.55 Å². The molecule has 5 N–H and O–H groups in total. The first kappa shape index (κ1) is 22.0. The van der Waals surface area contributed by atoms with Crippen LogP contribution in [0.3, 0.4) is 0 Å². The van der Waals surface area contributed by atoms with E-state index in [-0.39, 0.29) is 27.4 Å². The highest BCUT2D eigenvalue weighted by Gasteiger charge is 2.21. The van der Waals surface area contributed by atoms with Gasteiger partial charge < -0.3 is 20.9 Å². The first-order valence-corrected chi connectivity index (χ1v) is 10.5. The summed E-state index contributed by atoms with van der Waals surface area (Å²) in [5, 5.41) is 13.3. The van der Waals surface area contributed by atoms with Crippen LogP contribution in [0.4, 0.5) is 11.4 Å². The van der Waals surface area contributed by atoms with Gasteiger partial charge in [0, 0.05) is 17.4 Å². The lowest BCUT2D eigenvalue weighted by atomic mass is 9.91. The largest absolute Gasteiger partial charge is 0.454 e. The number of aliphatic hydroxyl groups excluding tert-OH is 1. The van der Waals surface area contributed by atoms with Crippen LogP contribution in [-0.4, -0.2) is 20.9 Å². The van der Waals surface area contributed by atoms with Crippen LogP contribution in [0.15, 0.2) is 52.2 Å². The molecule has 32 heavy (non-hydrogen) atoms. The van der Waals surface area contributed by atoms with E-state index < -0.39 is 17.5 Å². The number of anilines is 2.